The molecule has 1 aromatic carbocycles. The predicted octanol–water partition coefficient (Wildman–Crippen LogP) is 3.46. The molecule has 1 amide bonds. The Bertz CT molecular complexity index is 784. The Hall–Kier alpha value is -2.21. The molecule has 0 atom stereocenters. The van der Waals surface area contributed by atoms with Crippen molar-refractivity contribution in [1.29, 1.82) is 0 Å². The van der Waals surface area contributed by atoms with E-state index in [4.69, 9.17) is 4.52 Å². The van der Waals surface area contributed by atoms with E-state index in [1.807, 2.05) is 19.1 Å². The largest absolute Gasteiger partial charge is 0.361 e. The number of nitrogens with one attached hydrogen (secondary N) is 1. The van der Waals surface area contributed by atoms with E-state index in [1.165, 1.54) is 16.9 Å². The lowest BCUT2D eigenvalue weighted by molar-refractivity contribution is 0.102. The fourth-order valence-corrected chi connectivity index (χ4v) is 3.01. The van der Waals surface area contributed by atoms with Crippen molar-refractivity contribution < 1.29 is 9.32 Å². The predicted molar refractivity (Wildman–Crippen MR) is 78.3 cm³/mol. The van der Waals surface area contributed by atoms with Gasteiger partial charge in [-0.25, -0.2) is 4.98 Å². The van der Waals surface area contributed by atoms with Crippen molar-refractivity contribution in [3.05, 3.63) is 40.8 Å². The molecule has 0 aliphatic carbocycles. The van der Waals surface area contributed by atoms with Crippen molar-refractivity contribution in [3.63, 3.8) is 0 Å². The topological polar surface area (TPSA) is 68.0 Å². The molecule has 0 aliphatic heterocycles. The summed E-state index contributed by atoms with van der Waals surface area (Å²) < 4.78 is 6.06. The normalized spacial score (nSPS) is 10.9. The number of amides is 1. The fourth-order valence-electron chi connectivity index (χ4n) is 2.05. The second-order valence-electron chi connectivity index (χ2n) is 4.64. The first kappa shape index (κ1) is 12.8. The van der Waals surface area contributed by atoms with E-state index >= 15 is 0 Å². The van der Waals surface area contributed by atoms with Crippen molar-refractivity contribution in [2.45, 2.75) is 20.8 Å². The standard InChI is InChI=1S/C14H13N3O2S/c1-7-4-5-10-11(6-7)20-14(15-10)16-13(18)12-8(2)17-19-9(12)3/h4-6H,1-3H3,(H,15,16,18). The highest BCUT2D eigenvalue weighted by atomic mass is 32.1. The number of nitrogens with zero attached hydrogens (tertiary/aromatic N) is 2. The number of hydrogen-bond acceptors (Lipinski definition) is 5. The highest BCUT2D eigenvalue weighted by molar-refractivity contribution is 7.22. The number of benzene rings is 1. The van der Waals surface area contributed by atoms with Crippen LogP contribution in [0.4, 0.5) is 5.13 Å². The van der Waals surface area contributed by atoms with Crippen LogP contribution in [0.3, 0.4) is 0 Å². The van der Waals surface area contributed by atoms with Crippen molar-refractivity contribution in [2.75, 3.05) is 5.32 Å². The van der Waals surface area contributed by atoms with Gasteiger partial charge in [-0.2, -0.15) is 0 Å². The van der Waals surface area contributed by atoms with Gasteiger partial charge >= 0.3 is 0 Å². The monoisotopic (exact) mass is 287 g/mol. The number of aromatic nitrogens is 2. The maximum absolute atomic E-state index is 12.2. The van der Waals surface area contributed by atoms with Crippen LogP contribution in [0, 0.1) is 20.8 Å². The highest BCUT2D eigenvalue weighted by Crippen LogP contribution is 2.27. The van der Waals surface area contributed by atoms with E-state index in [0.29, 0.717) is 22.1 Å². The first-order valence-electron chi connectivity index (χ1n) is 6.16. The SMILES string of the molecule is Cc1ccc2nc(NC(=O)c3c(C)noc3C)sc2c1. The smallest absolute Gasteiger partial charge is 0.262 e. The van der Waals surface area contributed by atoms with Gasteiger partial charge in [0.05, 0.1) is 15.9 Å². The molecule has 0 unspecified atom stereocenters. The average molecular weight is 287 g/mol. The van der Waals surface area contributed by atoms with Gasteiger partial charge in [0.1, 0.15) is 11.3 Å². The Morgan fingerprint density at radius 3 is 2.80 bits per heavy atom. The molecule has 6 heteroatoms. The summed E-state index contributed by atoms with van der Waals surface area (Å²) in [7, 11) is 0. The molecule has 0 saturated carbocycles. The maximum Gasteiger partial charge on any atom is 0.262 e. The molecule has 102 valence electrons. The minimum absolute atomic E-state index is 0.239. The molecule has 0 fully saturated rings. The summed E-state index contributed by atoms with van der Waals surface area (Å²) in [5, 5.41) is 7.16. The van der Waals surface area contributed by atoms with Gasteiger partial charge in [-0.1, -0.05) is 22.6 Å². The zero-order valence-corrected chi connectivity index (χ0v) is 12.2. The van der Waals surface area contributed by atoms with Crippen LogP contribution in [0.1, 0.15) is 27.4 Å². The van der Waals surface area contributed by atoms with Crippen LogP contribution < -0.4 is 5.32 Å². The third-order valence-corrected chi connectivity index (χ3v) is 3.96. The fraction of sp³-hybridized carbons (Fsp3) is 0.214. The molecule has 0 aliphatic rings. The molecular formula is C14H13N3O2S. The van der Waals surface area contributed by atoms with Gasteiger partial charge in [-0.15, -0.1) is 0 Å². The number of fused-ring (bicyclic) bond motifs is 1. The zero-order chi connectivity index (χ0) is 14.3. The first-order valence-corrected chi connectivity index (χ1v) is 6.97. The molecular weight excluding hydrogens is 274 g/mol. The Kier molecular flexibility index (Phi) is 3.02. The highest BCUT2D eigenvalue weighted by Gasteiger charge is 2.18. The molecule has 20 heavy (non-hydrogen) atoms. The van der Waals surface area contributed by atoms with E-state index in [0.717, 1.165) is 10.2 Å². The first-order chi connectivity index (χ1) is 9.54. The summed E-state index contributed by atoms with van der Waals surface area (Å²) in [6, 6.07) is 6.01. The Morgan fingerprint density at radius 2 is 2.10 bits per heavy atom. The lowest BCUT2D eigenvalue weighted by Crippen LogP contribution is -2.13. The van der Waals surface area contributed by atoms with Crippen LogP contribution in [-0.4, -0.2) is 16.0 Å². The van der Waals surface area contributed by atoms with E-state index in [-0.39, 0.29) is 5.91 Å². The van der Waals surface area contributed by atoms with Crippen LogP contribution in [0.25, 0.3) is 10.2 Å². The lowest BCUT2D eigenvalue weighted by atomic mass is 10.2. The second-order valence-corrected chi connectivity index (χ2v) is 5.67. The van der Waals surface area contributed by atoms with Gasteiger partial charge in [-0.05, 0) is 38.5 Å². The molecule has 0 spiro atoms. The third-order valence-electron chi connectivity index (χ3n) is 3.02. The van der Waals surface area contributed by atoms with Gasteiger partial charge < -0.3 is 4.52 Å². The number of carbonyl (C=O) groups excluding carboxylic acids is 1. The number of rotatable bonds is 2. The summed E-state index contributed by atoms with van der Waals surface area (Å²) in [6.45, 7) is 5.49. The summed E-state index contributed by atoms with van der Waals surface area (Å²) >= 11 is 1.45. The van der Waals surface area contributed by atoms with E-state index < -0.39 is 0 Å². The van der Waals surface area contributed by atoms with Crippen LogP contribution in [-0.2, 0) is 0 Å². The summed E-state index contributed by atoms with van der Waals surface area (Å²) in [5.74, 6) is 0.272. The van der Waals surface area contributed by atoms with Crippen LogP contribution >= 0.6 is 11.3 Å². The maximum atomic E-state index is 12.2. The molecule has 1 N–H and O–H groups in total. The molecule has 2 aromatic heterocycles. The number of aryl methyl sites for hydroxylation is 3. The van der Waals surface area contributed by atoms with E-state index in [2.05, 4.69) is 21.5 Å². The van der Waals surface area contributed by atoms with Gasteiger partial charge in [0, 0.05) is 0 Å². The quantitative estimate of drug-likeness (QED) is 0.783. The zero-order valence-electron chi connectivity index (χ0n) is 11.4. The summed E-state index contributed by atoms with van der Waals surface area (Å²) in [5.41, 5.74) is 3.11. The molecule has 3 aromatic rings. The van der Waals surface area contributed by atoms with Crippen molar-refractivity contribution in [2.24, 2.45) is 0 Å². The van der Waals surface area contributed by atoms with Gasteiger partial charge in [0.15, 0.2) is 5.13 Å². The minimum Gasteiger partial charge on any atom is -0.361 e. The molecule has 0 radical (unpaired) electrons. The third kappa shape index (κ3) is 2.18. The van der Waals surface area contributed by atoms with Crippen molar-refractivity contribution in [1.82, 2.24) is 10.1 Å². The van der Waals surface area contributed by atoms with E-state index in [9.17, 15) is 4.79 Å². The van der Waals surface area contributed by atoms with Crippen LogP contribution in [0.2, 0.25) is 0 Å². The molecule has 2 heterocycles. The van der Waals surface area contributed by atoms with Gasteiger partial charge in [0.2, 0.25) is 0 Å². The molecule has 0 bridgehead atoms. The van der Waals surface area contributed by atoms with Gasteiger partial charge in [-0.3, -0.25) is 10.1 Å². The molecule has 5 nitrogen and oxygen atoms in total. The van der Waals surface area contributed by atoms with E-state index in [1.54, 1.807) is 13.8 Å². The minimum atomic E-state index is -0.239. The Morgan fingerprint density at radius 1 is 1.30 bits per heavy atom. The summed E-state index contributed by atoms with van der Waals surface area (Å²) in [6.07, 6.45) is 0. The van der Waals surface area contributed by atoms with Crippen LogP contribution in [0.15, 0.2) is 22.7 Å². The summed E-state index contributed by atoms with van der Waals surface area (Å²) in [4.78, 5) is 16.6. The Labute approximate surface area is 119 Å². The lowest BCUT2D eigenvalue weighted by Gasteiger charge is -1.99. The number of carbonyl (C=O) groups is 1. The Balaban J connectivity index is 1.91. The number of anilines is 1. The number of hydrogen-bond donors (Lipinski definition) is 1. The van der Waals surface area contributed by atoms with Crippen molar-refractivity contribution in [3.8, 4) is 0 Å². The second kappa shape index (κ2) is 4.72. The molecule has 3 rings (SSSR count). The molecule has 0 saturated heterocycles. The van der Waals surface area contributed by atoms with Crippen molar-refractivity contribution >= 4 is 32.6 Å². The average Bonchev–Trinajstić information content (AvgIpc) is 2.92. The number of thiazole rings is 1. The van der Waals surface area contributed by atoms with Crippen LogP contribution in [0.5, 0.6) is 0 Å². The van der Waals surface area contributed by atoms with Gasteiger partial charge in [0.25, 0.3) is 5.91 Å².